The summed E-state index contributed by atoms with van der Waals surface area (Å²) in [7, 11) is 0. The molecular formula is C9H14N2O4. The van der Waals surface area contributed by atoms with E-state index in [1.54, 1.807) is 0 Å². The van der Waals surface area contributed by atoms with E-state index in [4.69, 9.17) is 5.73 Å². The summed E-state index contributed by atoms with van der Waals surface area (Å²) >= 11 is 0. The van der Waals surface area contributed by atoms with Gasteiger partial charge >= 0.3 is 12.0 Å². The predicted octanol–water partition coefficient (Wildman–Crippen LogP) is -0.338. The van der Waals surface area contributed by atoms with Crippen molar-refractivity contribution >= 4 is 17.8 Å². The van der Waals surface area contributed by atoms with Crippen molar-refractivity contribution in [2.24, 2.45) is 5.73 Å². The van der Waals surface area contributed by atoms with Crippen LogP contribution in [0.15, 0.2) is 0 Å². The first-order chi connectivity index (χ1) is 7.02. The zero-order valence-electron chi connectivity index (χ0n) is 8.56. The molecule has 0 aromatic heterocycles. The Morgan fingerprint density at radius 1 is 1.47 bits per heavy atom. The lowest BCUT2D eigenvalue weighted by atomic mass is 10.1. The molecule has 2 amide bonds. The molecule has 0 bridgehead atoms. The minimum atomic E-state index is -0.603. The lowest BCUT2D eigenvalue weighted by Crippen LogP contribution is -2.44. The first-order valence-corrected chi connectivity index (χ1v) is 4.74. The van der Waals surface area contributed by atoms with Crippen molar-refractivity contribution in [2.75, 3.05) is 13.2 Å². The number of ketones is 1. The first kappa shape index (κ1) is 11.5. The molecule has 15 heavy (non-hydrogen) atoms. The van der Waals surface area contributed by atoms with Crippen molar-refractivity contribution in [3.05, 3.63) is 0 Å². The fraction of sp³-hybridized carbons (Fsp3) is 0.667. The smallest absolute Gasteiger partial charge is 0.315 e. The molecule has 0 radical (unpaired) electrons. The van der Waals surface area contributed by atoms with E-state index in [0.717, 1.165) is 6.42 Å². The number of esters is 1. The maximum Gasteiger partial charge on any atom is 0.315 e. The van der Waals surface area contributed by atoms with E-state index in [-0.39, 0.29) is 12.4 Å². The number of carbonyl (C=O) groups is 3. The van der Waals surface area contributed by atoms with Crippen LogP contribution in [0.1, 0.15) is 19.8 Å². The van der Waals surface area contributed by atoms with Gasteiger partial charge in [-0.2, -0.15) is 0 Å². The summed E-state index contributed by atoms with van der Waals surface area (Å²) in [4.78, 5) is 34.3. The monoisotopic (exact) mass is 214 g/mol. The van der Waals surface area contributed by atoms with Crippen molar-refractivity contribution in [3.8, 4) is 0 Å². The maximum atomic E-state index is 11.5. The summed E-state index contributed by atoms with van der Waals surface area (Å²) in [5.74, 6) is -0.784. The molecule has 0 spiro atoms. The summed E-state index contributed by atoms with van der Waals surface area (Å²) in [6.07, 6.45) is 1.34. The Morgan fingerprint density at radius 2 is 2.13 bits per heavy atom. The zero-order valence-corrected chi connectivity index (χ0v) is 8.56. The Kier molecular flexibility index (Phi) is 3.65. The van der Waals surface area contributed by atoms with Crippen LogP contribution in [0.5, 0.6) is 0 Å². The Labute approximate surface area is 87.4 Å². The Morgan fingerprint density at radius 3 is 2.67 bits per heavy atom. The zero-order chi connectivity index (χ0) is 11.4. The highest BCUT2D eigenvalue weighted by atomic mass is 16.5. The van der Waals surface area contributed by atoms with Crippen molar-refractivity contribution in [1.29, 1.82) is 0 Å². The first-order valence-electron chi connectivity index (χ1n) is 4.74. The largest absolute Gasteiger partial charge is 0.458 e. The van der Waals surface area contributed by atoms with Crippen LogP contribution in [0.25, 0.3) is 0 Å². The number of urea groups is 1. The second kappa shape index (κ2) is 4.77. The van der Waals surface area contributed by atoms with Crippen molar-refractivity contribution < 1.29 is 19.1 Å². The number of ether oxygens (including phenoxy) is 1. The lowest BCUT2D eigenvalue weighted by molar-refractivity contribution is -0.146. The lowest BCUT2D eigenvalue weighted by Gasteiger charge is -2.20. The van der Waals surface area contributed by atoms with Gasteiger partial charge in [-0.25, -0.2) is 4.79 Å². The topological polar surface area (TPSA) is 89.7 Å². The van der Waals surface area contributed by atoms with E-state index >= 15 is 0 Å². The van der Waals surface area contributed by atoms with Crippen LogP contribution in [0, 0.1) is 0 Å². The summed E-state index contributed by atoms with van der Waals surface area (Å²) < 4.78 is 4.58. The van der Waals surface area contributed by atoms with Crippen LogP contribution >= 0.6 is 0 Å². The van der Waals surface area contributed by atoms with E-state index in [2.05, 4.69) is 4.74 Å². The molecule has 84 valence electrons. The van der Waals surface area contributed by atoms with Gasteiger partial charge in [0.2, 0.25) is 0 Å². The highest BCUT2D eigenvalue weighted by Gasteiger charge is 2.32. The van der Waals surface area contributed by atoms with Crippen LogP contribution < -0.4 is 5.73 Å². The molecule has 1 saturated heterocycles. The third-order valence-electron chi connectivity index (χ3n) is 2.33. The van der Waals surface area contributed by atoms with Gasteiger partial charge in [0.1, 0.15) is 0 Å². The molecule has 6 heteroatoms. The molecule has 0 aromatic rings. The molecule has 0 saturated carbocycles. The molecule has 1 unspecified atom stereocenters. The van der Waals surface area contributed by atoms with E-state index in [0.29, 0.717) is 13.0 Å². The molecule has 6 nitrogen and oxygen atoms in total. The van der Waals surface area contributed by atoms with Gasteiger partial charge in [-0.3, -0.25) is 9.59 Å². The average Bonchev–Trinajstić information content (AvgIpc) is 2.62. The van der Waals surface area contributed by atoms with Gasteiger partial charge in [-0.15, -0.1) is 0 Å². The van der Waals surface area contributed by atoms with Crippen LogP contribution in [0.3, 0.4) is 0 Å². The number of nitrogens with two attached hydrogens (primary N) is 1. The Bertz CT molecular complexity index is 290. The van der Waals surface area contributed by atoms with E-state index in [1.165, 1.54) is 11.8 Å². The fourth-order valence-electron chi connectivity index (χ4n) is 1.63. The molecule has 0 aromatic carbocycles. The minimum absolute atomic E-state index is 0.276. The molecule has 1 aliphatic heterocycles. The van der Waals surface area contributed by atoms with E-state index in [9.17, 15) is 14.4 Å². The SMILES string of the molecule is CC(=O)OCC(=O)C1CCCN1C(N)=O. The Balaban J connectivity index is 2.51. The van der Waals surface area contributed by atoms with Crippen LogP contribution in [-0.2, 0) is 14.3 Å². The normalized spacial score (nSPS) is 20.1. The molecule has 1 aliphatic rings. The number of nitrogens with zero attached hydrogens (tertiary/aromatic N) is 1. The number of primary amides is 1. The van der Waals surface area contributed by atoms with Crippen molar-refractivity contribution in [1.82, 2.24) is 4.90 Å². The summed E-state index contributed by atoms with van der Waals surface area (Å²) in [6.45, 7) is 1.43. The molecule has 1 rings (SSSR count). The maximum absolute atomic E-state index is 11.5. The number of hydrogen-bond acceptors (Lipinski definition) is 4. The van der Waals surface area contributed by atoms with Gasteiger partial charge in [-0.1, -0.05) is 0 Å². The number of likely N-dealkylation sites (tertiary alicyclic amines) is 1. The standard InChI is InChI=1S/C9H14N2O4/c1-6(12)15-5-8(13)7-3-2-4-11(7)9(10)14/h7H,2-5H2,1H3,(H2,10,14). The molecule has 2 N–H and O–H groups in total. The van der Waals surface area contributed by atoms with Crippen LogP contribution in [-0.4, -0.2) is 41.9 Å². The molecule has 1 heterocycles. The summed E-state index contributed by atoms with van der Waals surface area (Å²) in [5.41, 5.74) is 5.11. The highest BCUT2D eigenvalue weighted by molar-refractivity contribution is 5.90. The van der Waals surface area contributed by atoms with Gasteiger partial charge in [-0.05, 0) is 12.8 Å². The molecule has 1 atom stereocenters. The minimum Gasteiger partial charge on any atom is -0.458 e. The Hall–Kier alpha value is -1.59. The molecule has 1 fully saturated rings. The van der Waals surface area contributed by atoms with Crippen LogP contribution in [0.4, 0.5) is 4.79 Å². The van der Waals surface area contributed by atoms with E-state index < -0.39 is 18.0 Å². The average molecular weight is 214 g/mol. The number of amides is 2. The third-order valence-corrected chi connectivity index (χ3v) is 2.33. The predicted molar refractivity (Wildman–Crippen MR) is 51.0 cm³/mol. The van der Waals surface area contributed by atoms with Gasteiger partial charge in [0.15, 0.2) is 12.4 Å². The summed E-state index contributed by atoms with van der Waals surface area (Å²) in [6, 6.07) is -1.13. The van der Waals surface area contributed by atoms with E-state index in [1.807, 2.05) is 0 Å². The molecule has 0 aliphatic carbocycles. The second-order valence-electron chi connectivity index (χ2n) is 3.44. The van der Waals surface area contributed by atoms with Gasteiger partial charge in [0, 0.05) is 13.5 Å². The number of hydrogen-bond donors (Lipinski definition) is 1. The number of Topliss-reactive ketones (excluding diaryl/α,β-unsaturated/α-hetero) is 1. The van der Waals surface area contributed by atoms with Crippen molar-refractivity contribution in [3.63, 3.8) is 0 Å². The van der Waals surface area contributed by atoms with Crippen LogP contribution in [0.2, 0.25) is 0 Å². The van der Waals surface area contributed by atoms with Crippen molar-refractivity contribution in [2.45, 2.75) is 25.8 Å². The van der Waals surface area contributed by atoms with Gasteiger partial charge in [0.25, 0.3) is 0 Å². The van der Waals surface area contributed by atoms with Gasteiger partial charge < -0.3 is 15.4 Å². The highest BCUT2D eigenvalue weighted by Crippen LogP contribution is 2.17. The second-order valence-corrected chi connectivity index (χ2v) is 3.44. The third kappa shape index (κ3) is 2.93. The summed E-state index contributed by atoms with van der Waals surface area (Å²) in [5, 5.41) is 0. The molecular weight excluding hydrogens is 200 g/mol. The van der Waals surface area contributed by atoms with Gasteiger partial charge in [0.05, 0.1) is 6.04 Å². The number of carbonyl (C=O) groups excluding carboxylic acids is 3. The number of rotatable bonds is 3. The quantitative estimate of drug-likeness (QED) is 0.651. The fourth-order valence-corrected chi connectivity index (χ4v) is 1.63.